The highest BCUT2D eigenvalue weighted by molar-refractivity contribution is 5.88. The molecule has 2 N–H and O–H groups in total. The van der Waals surface area contributed by atoms with Crippen LogP contribution < -0.4 is 4.90 Å². The molecule has 0 saturated carbocycles. The Hall–Kier alpha value is -1.69. The van der Waals surface area contributed by atoms with Crippen molar-refractivity contribution in [1.29, 1.82) is 0 Å². The minimum Gasteiger partial charge on any atom is -0.478 e. The number of anilines is 1. The monoisotopic (exact) mass is 253 g/mol. The number of hydrogen-bond donors (Lipinski definition) is 2. The maximum atomic E-state index is 10.9. The zero-order valence-corrected chi connectivity index (χ0v) is 10.9. The molecule has 1 aromatic heterocycles. The van der Waals surface area contributed by atoms with Gasteiger partial charge in [-0.1, -0.05) is 0 Å². The zero-order chi connectivity index (χ0) is 13.7. The van der Waals surface area contributed by atoms with Crippen LogP contribution in [0.25, 0.3) is 0 Å². The average Bonchev–Trinajstić information content (AvgIpc) is 2.28. The molecule has 6 nitrogen and oxygen atoms in total. The van der Waals surface area contributed by atoms with E-state index in [4.69, 9.17) is 10.2 Å². The third kappa shape index (κ3) is 3.40. The van der Waals surface area contributed by atoms with Crippen molar-refractivity contribution < 1.29 is 15.0 Å². The summed E-state index contributed by atoms with van der Waals surface area (Å²) in [6.45, 7) is 6.40. The first kappa shape index (κ1) is 14.4. The Bertz CT molecular complexity index is 421. The quantitative estimate of drug-likeness (QED) is 0.789. The van der Waals surface area contributed by atoms with E-state index in [0.717, 1.165) is 0 Å². The molecule has 0 amide bonds. The number of aryl methyl sites for hydroxylation is 1. The summed E-state index contributed by atoms with van der Waals surface area (Å²) in [5.41, 5.74) is 0.562. The number of aromatic nitrogens is 2. The summed E-state index contributed by atoms with van der Waals surface area (Å²) < 4.78 is 0. The normalized spacial score (nSPS) is 10.7. The number of nitrogens with zero attached hydrogens (tertiary/aromatic N) is 3. The molecule has 0 atom stereocenters. The van der Waals surface area contributed by atoms with Crippen molar-refractivity contribution >= 4 is 11.9 Å². The third-order valence-electron chi connectivity index (χ3n) is 2.63. The number of hydrogen-bond acceptors (Lipinski definition) is 5. The van der Waals surface area contributed by atoms with Gasteiger partial charge in [0, 0.05) is 25.4 Å². The molecule has 0 aliphatic carbocycles. The average molecular weight is 253 g/mol. The van der Waals surface area contributed by atoms with Crippen LogP contribution in [0.1, 0.15) is 36.3 Å². The highest BCUT2D eigenvalue weighted by atomic mass is 16.4. The zero-order valence-electron chi connectivity index (χ0n) is 10.9. The summed E-state index contributed by atoms with van der Waals surface area (Å²) in [5.74, 6) is -0.522. The van der Waals surface area contributed by atoms with Gasteiger partial charge in [0.05, 0.1) is 11.3 Å². The Labute approximate surface area is 106 Å². The standard InChI is InChI=1S/C12H19N3O3/c1-8(2)15(5-4-6-16)12-13-7-10(11(17)18)9(3)14-12/h7-8,16H,4-6H2,1-3H3,(H,17,18). The van der Waals surface area contributed by atoms with Crippen molar-refractivity contribution in [1.82, 2.24) is 9.97 Å². The fraction of sp³-hybridized carbons (Fsp3) is 0.583. The molecule has 0 unspecified atom stereocenters. The van der Waals surface area contributed by atoms with Gasteiger partial charge in [0.15, 0.2) is 0 Å². The molecule has 0 aliphatic rings. The largest absolute Gasteiger partial charge is 0.478 e. The summed E-state index contributed by atoms with van der Waals surface area (Å²) in [5, 5.41) is 17.8. The molecular weight excluding hydrogens is 234 g/mol. The number of carboxylic acids is 1. The van der Waals surface area contributed by atoms with Gasteiger partial charge in [0.2, 0.25) is 5.95 Å². The fourth-order valence-electron chi connectivity index (χ4n) is 1.63. The number of carbonyl (C=O) groups is 1. The maximum absolute atomic E-state index is 10.9. The second-order valence-corrected chi connectivity index (χ2v) is 4.34. The van der Waals surface area contributed by atoms with Gasteiger partial charge < -0.3 is 15.1 Å². The molecule has 100 valence electrons. The van der Waals surface area contributed by atoms with Crippen LogP contribution in [0.2, 0.25) is 0 Å². The SMILES string of the molecule is Cc1nc(N(CCCO)C(C)C)ncc1C(=O)O. The summed E-state index contributed by atoms with van der Waals surface area (Å²) in [7, 11) is 0. The molecule has 18 heavy (non-hydrogen) atoms. The number of rotatable bonds is 6. The number of aromatic carboxylic acids is 1. The Kier molecular flexibility index (Phi) is 5.03. The van der Waals surface area contributed by atoms with E-state index in [1.165, 1.54) is 6.20 Å². The predicted octanol–water partition coefficient (Wildman–Crippen LogP) is 1.08. The van der Waals surface area contributed by atoms with Gasteiger partial charge in [-0.15, -0.1) is 0 Å². The first-order valence-corrected chi connectivity index (χ1v) is 5.91. The highest BCUT2D eigenvalue weighted by Gasteiger charge is 2.16. The van der Waals surface area contributed by atoms with E-state index in [0.29, 0.717) is 24.6 Å². The molecule has 0 fully saturated rings. The predicted molar refractivity (Wildman–Crippen MR) is 67.9 cm³/mol. The molecule has 1 heterocycles. The van der Waals surface area contributed by atoms with Gasteiger partial charge in [-0.2, -0.15) is 0 Å². The van der Waals surface area contributed by atoms with E-state index in [1.807, 2.05) is 18.7 Å². The van der Waals surface area contributed by atoms with Crippen molar-refractivity contribution in [3.05, 3.63) is 17.5 Å². The smallest absolute Gasteiger partial charge is 0.339 e. The fourth-order valence-corrected chi connectivity index (χ4v) is 1.63. The summed E-state index contributed by atoms with van der Waals surface area (Å²) in [6.07, 6.45) is 1.95. The Morgan fingerprint density at radius 3 is 2.61 bits per heavy atom. The minimum atomic E-state index is -1.02. The lowest BCUT2D eigenvalue weighted by molar-refractivity contribution is 0.0695. The molecule has 0 saturated heterocycles. The van der Waals surface area contributed by atoms with Crippen LogP contribution in [0.3, 0.4) is 0 Å². The van der Waals surface area contributed by atoms with Crippen LogP contribution in [0.15, 0.2) is 6.20 Å². The molecule has 1 rings (SSSR count). The lowest BCUT2D eigenvalue weighted by atomic mass is 10.2. The lowest BCUT2D eigenvalue weighted by Gasteiger charge is -2.26. The third-order valence-corrected chi connectivity index (χ3v) is 2.63. The van der Waals surface area contributed by atoms with Gasteiger partial charge >= 0.3 is 5.97 Å². The molecule has 6 heteroatoms. The first-order chi connectivity index (χ1) is 8.47. The first-order valence-electron chi connectivity index (χ1n) is 5.91. The number of aliphatic hydroxyl groups excluding tert-OH is 1. The summed E-state index contributed by atoms with van der Waals surface area (Å²) in [4.78, 5) is 21.1. The molecule has 0 radical (unpaired) electrons. The molecule has 0 aromatic carbocycles. The number of carboxylic acid groups (broad SMARTS) is 1. The molecular formula is C12H19N3O3. The Morgan fingerprint density at radius 2 is 2.17 bits per heavy atom. The second-order valence-electron chi connectivity index (χ2n) is 4.34. The topological polar surface area (TPSA) is 86.5 Å². The number of aliphatic hydroxyl groups is 1. The van der Waals surface area contributed by atoms with Crippen molar-refractivity contribution in [2.75, 3.05) is 18.1 Å². The van der Waals surface area contributed by atoms with Crippen molar-refractivity contribution in [2.24, 2.45) is 0 Å². The van der Waals surface area contributed by atoms with Crippen LogP contribution in [0.5, 0.6) is 0 Å². The van der Waals surface area contributed by atoms with Gasteiger partial charge in [0.1, 0.15) is 0 Å². The Balaban J connectivity index is 2.99. The van der Waals surface area contributed by atoms with E-state index >= 15 is 0 Å². The summed E-state index contributed by atoms with van der Waals surface area (Å²) >= 11 is 0. The van der Waals surface area contributed by atoms with Crippen molar-refractivity contribution in [3.63, 3.8) is 0 Å². The minimum absolute atomic E-state index is 0.107. The van der Waals surface area contributed by atoms with Crippen LogP contribution in [0.4, 0.5) is 5.95 Å². The highest BCUT2D eigenvalue weighted by Crippen LogP contribution is 2.14. The van der Waals surface area contributed by atoms with Crippen LogP contribution >= 0.6 is 0 Å². The van der Waals surface area contributed by atoms with Gasteiger partial charge in [-0.3, -0.25) is 0 Å². The van der Waals surface area contributed by atoms with Crippen LogP contribution in [-0.2, 0) is 0 Å². The van der Waals surface area contributed by atoms with Gasteiger partial charge in [-0.25, -0.2) is 14.8 Å². The maximum Gasteiger partial charge on any atom is 0.339 e. The van der Waals surface area contributed by atoms with Crippen LogP contribution in [0, 0.1) is 6.92 Å². The van der Waals surface area contributed by atoms with E-state index in [-0.39, 0.29) is 18.2 Å². The Morgan fingerprint density at radius 1 is 1.50 bits per heavy atom. The summed E-state index contributed by atoms with van der Waals surface area (Å²) in [6, 6.07) is 0.187. The van der Waals surface area contributed by atoms with Crippen LogP contribution in [-0.4, -0.2) is 45.3 Å². The second kappa shape index (κ2) is 6.30. The van der Waals surface area contributed by atoms with Crippen molar-refractivity contribution in [3.8, 4) is 0 Å². The lowest BCUT2D eigenvalue weighted by Crippen LogP contribution is -2.34. The molecule has 0 bridgehead atoms. The molecule has 0 spiro atoms. The van der Waals surface area contributed by atoms with Crippen molar-refractivity contribution in [2.45, 2.75) is 33.2 Å². The molecule has 1 aromatic rings. The van der Waals surface area contributed by atoms with E-state index in [9.17, 15) is 4.79 Å². The van der Waals surface area contributed by atoms with Gasteiger partial charge in [-0.05, 0) is 27.2 Å². The molecule has 0 aliphatic heterocycles. The van der Waals surface area contributed by atoms with E-state index < -0.39 is 5.97 Å². The van der Waals surface area contributed by atoms with Gasteiger partial charge in [0.25, 0.3) is 0 Å². The van der Waals surface area contributed by atoms with E-state index in [1.54, 1.807) is 6.92 Å². The van der Waals surface area contributed by atoms with E-state index in [2.05, 4.69) is 9.97 Å².